The number of aryl methyl sites for hydroxylation is 1. The lowest BCUT2D eigenvalue weighted by molar-refractivity contribution is 0.298. The zero-order valence-electron chi connectivity index (χ0n) is 7.34. The van der Waals surface area contributed by atoms with Gasteiger partial charge in [-0.3, -0.25) is 0 Å². The van der Waals surface area contributed by atoms with E-state index >= 15 is 0 Å². The Morgan fingerprint density at radius 1 is 1.58 bits per heavy atom. The number of rotatable bonds is 3. The van der Waals surface area contributed by atoms with Crippen LogP contribution in [0.4, 0.5) is 0 Å². The van der Waals surface area contributed by atoms with E-state index in [2.05, 4.69) is 27.8 Å². The summed E-state index contributed by atoms with van der Waals surface area (Å²) in [6, 6.07) is 0. The summed E-state index contributed by atoms with van der Waals surface area (Å²) in [5.41, 5.74) is 0.942. The first-order chi connectivity index (χ1) is 5.70. The quantitative estimate of drug-likeness (QED) is 0.853. The molecule has 1 aromatic heterocycles. The molecule has 0 saturated carbocycles. The first-order valence-corrected chi connectivity index (χ1v) is 4.80. The second kappa shape index (κ2) is 4.05. The maximum absolute atomic E-state index is 8.75. The van der Waals surface area contributed by atoms with Gasteiger partial charge in [-0.05, 0) is 15.9 Å². The van der Waals surface area contributed by atoms with Crippen molar-refractivity contribution in [2.45, 2.75) is 19.8 Å². The van der Waals surface area contributed by atoms with Gasteiger partial charge in [-0.15, -0.1) is 0 Å². The lowest BCUT2D eigenvalue weighted by atomic mass is 10.3. The van der Waals surface area contributed by atoms with Crippen LogP contribution in [0.3, 0.4) is 0 Å². The molecular weight excluding hydrogens is 220 g/mol. The zero-order valence-corrected chi connectivity index (χ0v) is 8.93. The summed E-state index contributed by atoms with van der Waals surface area (Å²) in [6.45, 7) is 2.22. The third kappa shape index (κ3) is 1.69. The number of aromatic nitrogens is 2. The molecule has 1 N–H and O–H groups in total. The molecule has 0 radical (unpaired) electrons. The number of hydrogen-bond donors (Lipinski definition) is 1. The average molecular weight is 233 g/mol. The van der Waals surface area contributed by atoms with Crippen molar-refractivity contribution >= 4 is 15.9 Å². The molecule has 68 valence electrons. The van der Waals surface area contributed by atoms with Crippen molar-refractivity contribution in [1.29, 1.82) is 0 Å². The molecule has 0 aliphatic rings. The van der Waals surface area contributed by atoms with E-state index in [0.717, 1.165) is 22.5 Å². The largest absolute Gasteiger partial charge is 0.396 e. The van der Waals surface area contributed by atoms with Crippen LogP contribution in [0.2, 0.25) is 0 Å². The van der Waals surface area contributed by atoms with Gasteiger partial charge in [0.2, 0.25) is 0 Å². The van der Waals surface area contributed by atoms with E-state index in [9.17, 15) is 0 Å². The maximum atomic E-state index is 8.75. The summed E-state index contributed by atoms with van der Waals surface area (Å²) in [6.07, 6.45) is 1.54. The minimum Gasteiger partial charge on any atom is -0.396 e. The van der Waals surface area contributed by atoms with Gasteiger partial charge in [0.15, 0.2) is 0 Å². The molecule has 0 spiro atoms. The van der Waals surface area contributed by atoms with Crippen LogP contribution < -0.4 is 0 Å². The Balaban J connectivity index is 2.98. The van der Waals surface area contributed by atoms with E-state index in [-0.39, 0.29) is 6.61 Å². The van der Waals surface area contributed by atoms with E-state index in [1.54, 1.807) is 0 Å². The van der Waals surface area contributed by atoms with E-state index in [0.29, 0.717) is 6.42 Å². The van der Waals surface area contributed by atoms with Crippen LogP contribution in [0.15, 0.2) is 4.60 Å². The first kappa shape index (κ1) is 9.74. The molecule has 1 aromatic rings. The Morgan fingerprint density at radius 2 is 2.25 bits per heavy atom. The number of aliphatic hydroxyl groups is 1. The molecule has 0 unspecified atom stereocenters. The second-order valence-corrected chi connectivity index (χ2v) is 3.40. The molecule has 0 bridgehead atoms. The van der Waals surface area contributed by atoms with E-state index in [1.807, 2.05) is 11.6 Å². The fraction of sp³-hybridized carbons (Fsp3) is 0.625. The van der Waals surface area contributed by atoms with Gasteiger partial charge < -0.3 is 9.67 Å². The SMILES string of the molecule is CCc1nc(CCO)c(Br)n1C. The second-order valence-electron chi connectivity index (χ2n) is 2.65. The van der Waals surface area contributed by atoms with Crippen LogP contribution >= 0.6 is 15.9 Å². The molecule has 0 aliphatic heterocycles. The van der Waals surface area contributed by atoms with Crippen molar-refractivity contribution in [2.24, 2.45) is 7.05 Å². The molecule has 0 fully saturated rings. The van der Waals surface area contributed by atoms with Crippen molar-refractivity contribution in [3.05, 3.63) is 16.1 Å². The third-order valence-corrected chi connectivity index (χ3v) is 2.84. The molecule has 4 heteroatoms. The van der Waals surface area contributed by atoms with Crippen LogP contribution in [0.1, 0.15) is 18.4 Å². The van der Waals surface area contributed by atoms with Gasteiger partial charge >= 0.3 is 0 Å². The summed E-state index contributed by atoms with van der Waals surface area (Å²) in [4.78, 5) is 4.37. The Hall–Kier alpha value is -0.350. The highest BCUT2D eigenvalue weighted by Gasteiger charge is 2.09. The number of hydrogen-bond acceptors (Lipinski definition) is 2. The van der Waals surface area contributed by atoms with Crippen molar-refractivity contribution in [3.63, 3.8) is 0 Å². The highest BCUT2D eigenvalue weighted by atomic mass is 79.9. The molecule has 1 rings (SSSR count). The number of halogens is 1. The highest BCUT2D eigenvalue weighted by molar-refractivity contribution is 9.10. The smallest absolute Gasteiger partial charge is 0.109 e. The van der Waals surface area contributed by atoms with Crippen molar-refractivity contribution in [2.75, 3.05) is 6.61 Å². The maximum Gasteiger partial charge on any atom is 0.109 e. The van der Waals surface area contributed by atoms with Gasteiger partial charge in [0.1, 0.15) is 10.4 Å². The molecule has 0 aliphatic carbocycles. The van der Waals surface area contributed by atoms with E-state index in [4.69, 9.17) is 5.11 Å². The van der Waals surface area contributed by atoms with Gasteiger partial charge in [-0.1, -0.05) is 6.92 Å². The molecule has 0 aromatic carbocycles. The van der Waals surface area contributed by atoms with Gasteiger partial charge in [0, 0.05) is 26.5 Å². The van der Waals surface area contributed by atoms with Crippen molar-refractivity contribution in [3.8, 4) is 0 Å². The number of nitrogens with zero attached hydrogens (tertiary/aromatic N) is 2. The Bertz CT molecular complexity index is 270. The molecule has 1 heterocycles. The number of imidazole rings is 1. The van der Waals surface area contributed by atoms with Crippen LogP contribution in [0, 0.1) is 0 Å². The lowest BCUT2D eigenvalue weighted by Gasteiger charge is -1.97. The normalized spacial score (nSPS) is 10.7. The molecule has 3 nitrogen and oxygen atoms in total. The Morgan fingerprint density at radius 3 is 2.67 bits per heavy atom. The molecule has 12 heavy (non-hydrogen) atoms. The standard InChI is InChI=1S/C8H13BrN2O/c1-3-7-10-6(4-5-12)8(9)11(7)2/h12H,3-5H2,1-2H3. The minimum atomic E-state index is 0.152. The summed E-state index contributed by atoms with van der Waals surface area (Å²) >= 11 is 3.43. The van der Waals surface area contributed by atoms with Gasteiger partial charge in [-0.25, -0.2) is 4.98 Å². The van der Waals surface area contributed by atoms with E-state index in [1.165, 1.54) is 0 Å². The lowest BCUT2D eigenvalue weighted by Crippen LogP contribution is -1.95. The van der Waals surface area contributed by atoms with Crippen LogP contribution in [-0.2, 0) is 19.9 Å². The predicted molar refractivity (Wildman–Crippen MR) is 51.1 cm³/mol. The Kier molecular flexibility index (Phi) is 3.29. The number of aliphatic hydroxyl groups excluding tert-OH is 1. The van der Waals surface area contributed by atoms with Crippen LogP contribution in [-0.4, -0.2) is 21.3 Å². The van der Waals surface area contributed by atoms with E-state index < -0.39 is 0 Å². The molecule has 0 saturated heterocycles. The molecule has 0 atom stereocenters. The summed E-state index contributed by atoms with van der Waals surface area (Å²) in [5.74, 6) is 1.05. The first-order valence-electron chi connectivity index (χ1n) is 4.01. The Labute approximate surface area is 80.6 Å². The molecule has 0 amide bonds. The summed E-state index contributed by atoms with van der Waals surface area (Å²) < 4.78 is 2.98. The van der Waals surface area contributed by atoms with Gasteiger partial charge in [-0.2, -0.15) is 0 Å². The summed E-state index contributed by atoms with van der Waals surface area (Å²) in [7, 11) is 1.97. The van der Waals surface area contributed by atoms with Crippen molar-refractivity contribution < 1.29 is 5.11 Å². The van der Waals surface area contributed by atoms with Crippen LogP contribution in [0.5, 0.6) is 0 Å². The fourth-order valence-corrected chi connectivity index (χ4v) is 1.66. The summed E-state index contributed by atoms with van der Waals surface area (Å²) in [5, 5.41) is 8.75. The highest BCUT2D eigenvalue weighted by Crippen LogP contribution is 2.17. The zero-order chi connectivity index (χ0) is 9.14. The van der Waals surface area contributed by atoms with Gasteiger partial charge in [0.25, 0.3) is 0 Å². The van der Waals surface area contributed by atoms with Crippen molar-refractivity contribution in [1.82, 2.24) is 9.55 Å². The molecular formula is C8H13BrN2O. The third-order valence-electron chi connectivity index (χ3n) is 1.85. The van der Waals surface area contributed by atoms with Crippen LogP contribution in [0.25, 0.3) is 0 Å². The predicted octanol–water partition coefficient (Wildman–Crippen LogP) is 1.28. The van der Waals surface area contributed by atoms with Gasteiger partial charge in [0.05, 0.1) is 5.69 Å². The monoisotopic (exact) mass is 232 g/mol. The topological polar surface area (TPSA) is 38.1 Å². The fourth-order valence-electron chi connectivity index (χ4n) is 1.16. The minimum absolute atomic E-state index is 0.152. The average Bonchev–Trinajstić information content (AvgIpc) is 2.33.